The van der Waals surface area contributed by atoms with E-state index >= 15 is 0 Å². The number of nitrogens with zero attached hydrogens (tertiary/aromatic N) is 3. The highest BCUT2D eigenvalue weighted by Crippen LogP contribution is 2.35. The van der Waals surface area contributed by atoms with Gasteiger partial charge < -0.3 is 24.6 Å². The third-order valence-electron chi connectivity index (χ3n) is 7.57. The number of nitrogens with one attached hydrogen (secondary N) is 2. The molecule has 17 heteroatoms. The second kappa shape index (κ2) is 15.3. The summed E-state index contributed by atoms with van der Waals surface area (Å²) in [7, 11) is -2.74. The maximum Gasteiger partial charge on any atom is 0.416 e. The molecule has 1 heterocycles. The molecule has 0 unspecified atom stereocenters. The van der Waals surface area contributed by atoms with Crippen LogP contribution in [0.15, 0.2) is 100 Å². The summed E-state index contributed by atoms with van der Waals surface area (Å²) >= 11 is 0. The minimum atomic E-state index is -4.71. The van der Waals surface area contributed by atoms with Gasteiger partial charge in [-0.2, -0.15) is 18.2 Å². The summed E-state index contributed by atoms with van der Waals surface area (Å²) in [5, 5.41) is 15.8. The molecule has 0 bridgehead atoms. The van der Waals surface area contributed by atoms with Crippen molar-refractivity contribution in [3.8, 4) is 17.1 Å². The molecule has 0 saturated carbocycles. The van der Waals surface area contributed by atoms with Crippen LogP contribution in [0.25, 0.3) is 11.4 Å². The van der Waals surface area contributed by atoms with Gasteiger partial charge in [-0.15, -0.1) is 0 Å². The summed E-state index contributed by atoms with van der Waals surface area (Å²) in [5.41, 5.74) is 0.924. The van der Waals surface area contributed by atoms with E-state index in [1.54, 1.807) is 36.4 Å². The standard InChI is InChI=1S/C35H30F3N5O8S/c1-21-3-15-28(16-4-21)52(48,49)42-34-40-32(41-51-34)23-7-5-22(6-8-23)19-43(20-31(45)46)33(47)24-9-12-26(13-10-24)39-30(44)17-25-11-14-27(50-2)18-29(25)35(36,37)38/h3-16,18H,17,19-20H2,1-2H3,(H,39,44)(H,45,46)(H,40,41,42). The summed E-state index contributed by atoms with van der Waals surface area (Å²) < 4.78 is 78.1. The number of aromatic nitrogens is 2. The lowest BCUT2D eigenvalue weighted by atomic mass is 10.0. The third-order valence-corrected chi connectivity index (χ3v) is 8.90. The molecule has 5 rings (SSSR count). The summed E-state index contributed by atoms with van der Waals surface area (Å²) in [5.74, 6) is -2.57. The SMILES string of the molecule is COc1ccc(CC(=O)Nc2ccc(C(=O)N(CC(=O)O)Cc3ccc(-c4noc(NS(=O)(=O)c5ccc(C)cc5)n4)cc3)cc2)c(C(F)(F)F)c1. The Morgan fingerprint density at radius 3 is 2.23 bits per heavy atom. The molecule has 13 nitrogen and oxygen atoms in total. The van der Waals surface area contributed by atoms with E-state index in [2.05, 4.69) is 20.2 Å². The number of sulfonamides is 1. The smallest absolute Gasteiger partial charge is 0.416 e. The van der Waals surface area contributed by atoms with E-state index in [0.29, 0.717) is 11.1 Å². The van der Waals surface area contributed by atoms with Crippen LogP contribution >= 0.6 is 0 Å². The minimum Gasteiger partial charge on any atom is -0.497 e. The van der Waals surface area contributed by atoms with Crippen molar-refractivity contribution >= 4 is 39.5 Å². The van der Waals surface area contributed by atoms with Crippen LogP contribution in [0.5, 0.6) is 5.75 Å². The number of rotatable bonds is 13. The van der Waals surface area contributed by atoms with Crippen LogP contribution in [-0.4, -0.2) is 60.0 Å². The second-order valence-electron chi connectivity index (χ2n) is 11.4. The molecule has 5 aromatic rings. The van der Waals surface area contributed by atoms with E-state index in [4.69, 9.17) is 9.26 Å². The first kappa shape index (κ1) is 37.0. The van der Waals surface area contributed by atoms with Crippen LogP contribution in [0.3, 0.4) is 0 Å². The quantitative estimate of drug-likeness (QED) is 0.134. The van der Waals surface area contributed by atoms with Crippen LogP contribution in [0.4, 0.5) is 24.9 Å². The first-order valence-electron chi connectivity index (χ1n) is 15.3. The van der Waals surface area contributed by atoms with Gasteiger partial charge in [-0.3, -0.25) is 14.4 Å². The van der Waals surface area contributed by atoms with Gasteiger partial charge in [0.2, 0.25) is 11.7 Å². The topological polar surface area (TPSA) is 181 Å². The van der Waals surface area contributed by atoms with Gasteiger partial charge >= 0.3 is 18.2 Å². The van der Waals surface area contributed by atoms with E-state index in [1.807, 2.05) is 6.92 Å². The average molecular weight is 738 g/mol. The van der Waals surface area contributed by atoms with E-state index in [0.717, 1.165) is 22.6 Å². The minimum absolute atomic E-state index is 0.00707. The number of halogens is 3. The highest BCUT2D eigenvalue weighted by atomic mass is 32.2. The lowest BCUT2D eigenvalue weighted by Crippen LogP contribution is -2.35. The van der Waals surface area contributed by atoms with E-state index in [-0.39, 0.29) is 45.8 Å². The Morgan fingerprint density at radius 2 is 1.62 bits per heavy atom. The van der Waals surface area contributed by atoms with Crippen LogP contribution < -0.4 is 14.8 Å². The molecule has 1 aromatic heterocycles. The largest absolute Gasteiger partial charge is 0.497 e. The Balaban J connectivity index is 1.22. The molecule has 0 atom stereocenters. The number of aryl methyl sites for hydroxylation is 1. The van der Waals surface area contributed by atoms with Gasteiger partial charge in [-0.1, -0.05) is 53.2 Å². The lowest BCUT2D eigenvalue weighted by Gasteiger charge is -2.21. The van der Waals surface area contributed by atoms with E-state index in [9.17, 15) is 41.1 Å². The normalized spacial score (nSPS) is 11.5. The lowest BCUT2D eigenvalue weighted by molar-refractivity contribution is -0.139. The van der Waals surface area contributed by atoms with Gasteiger partial charge in [0.25, 0.3) is 15.9 Å². The highest BCUT2D eigenvalue weighted by Gasteiger charge is 2.34. The number of amides is 2. The van der Waals surface area contributed by atoms with Gasteiger partial charge in [0.05, 0.1) is 24.0 Å². The van der Waals surface area contributed by atoms with E-state index < -0.39 is 52.5 Å². The molecule has 0 aliphatic rings. The summed E-state index contributed by atoms with van der Waals surface area (Å²) in [6.07, 6.45) is -5.28. The fraction of sp³-hybridized carbons (Fsp3) is 0.171. The zero-order valence-electron chi connectivity index (χ0n) is 27.5. The summed E-state index contributed by atoms with van der Waals surface area (Å²) in [6.45, 7) is 1.07. The number of alkyl halides is 3. The van der Waals surface area contributed by atoms with Crippen LogP contribution in [-0.2, 0) is 38.8 Å². The fourth-order valence-corrected chi connectivity index (χ4v) is 5.90. The van der Waals surface area contributed by atoms with Crippen molar-refractivity contribution in [2.45, 2.75) is 31.0 Å². The zero-order chi connectivity index (χ0) is 37.6. The Hall–Kier alpha value is -6.23. The highest BCUT2D eigenvalue weighted by molar-refractivity contribution is 7.92. The molecule has 0 aliphatic heterocycles. The molecule has 0 fully saturated rings. The fourth-order valence-electron chi connectivity index (χ4n) is 4.97. The molecule has 3 N–H and O–H groups in total. The number of methoxy groups -OCH3 is 1. The Bertz CT molecular complexity index is 2190. The number of carboxylic acids is 1. The van der Waals surface area contributed by atoms with Crippen LogP contribution in [0.1, 0.15) is 32.6 Å². The molecule has 0 saturated heterocycles. The van der Waals surface area contributed by atoms with Crippen molar-refractivity contribution in [3.63, 3.8) is 0 Å². The molecule has 270 valence electrons. The third kappa shape index (κ3) is 9.30. The predicted molar refractivity (Wildman–Crippen MR) is 181 cm³/mol. The van der Waals surface area contributed by atoms with Gasteiger partial charge in [-0.25, -0.2) is 13.1 Å². The number of hydrogen-bond donors (Lipinski definition) is 3. The molecular formula is C35H30F3N5O8S. The molecule has 52 heavy (non-hydrogen) atoms. The van der Waals surface area contributed by atoms with Crippen LogP contribution in [0, 0.1) is 6.92 Å². The first-order valence-corrected chi connectivity index (χ1v) is 16.8. The van der Waals surface area contributed by atoms with Crippen molar-refractivity contribution < 1.29 is 50.3 Å². The maximum absolute atomic E-state index is 13.5. The second-order valence-corrected chi connectivity index (χ2v) is 13.1. The molecule has 0 spiro atoms. The van der Waals surface area contributed by atoms with Crippen molar-refractivity contribution in [1.29, 1.82) is 0 Å². The number of carboxylic acid groups (broad SMARTS) is 1. The Morgan fingerprint density at radius 1 is 0.942 bits per heavy atom. The van der Waals surface area contributed by atoms with Gasteiger partial charge in [0, 0.05) is 23.4 Å². The Labute approximate surface area is 295 Å². The number of hydrogen-bond acceptors (Lipinski definition) is 9. The Kier molecular flexibility index (Phi) is 10.9. The molecule has 4 aromatic carbocycles. The van der Waals surface area contributed by atoms with E-state index in [1.165, 1.54) is 49.6 Å². The molecule has 0 aliphatic carbocycles. The molecule has 2 amide bonds. The monoisotopic (exact) mass is 737 g/mol. The zero-order valence-corrected chi connectivity index (χ0v) is 28.3. The number of carbonyl (C=O) groups is 3. The maximum atomic E-state index is 13.5. The number of benzene rings is 4. The number of anilines is 2. The summed E-state index contributed by atoms with van der Waals surface area (Å²) in [4.78, 5) is 42.8. The molecular weight excluding hydrogens is 707 g/mol. The van der Waals surface area contributed by atoms with Crippen molar-refractivity contribution in [2.75, 3.05) is 23.7 Å². The predicted octanol–water partition coefficient (Wildman–Crippen LogP) is 5.78. The van der Waals surface area contributed by atoms with Crippen molar-refractivity contribution in [2.24, 2.45) is 0 Å². The molecule has 0 radical (unpaired) electrons. The van der Waals surface area contributed by atoms with Crippen molar-refractivity contribution in [3.05, 3.63) is 119 Å². The van der Waals surface area contributed by atoms with Gasteiger partial charge in [0.1, 0.15) is 12.3 Å². The number of ether oxygens (including phenoxy) is 1. The number of aliphatic carboxylic acids is 1. The van der Waals surface area contributed by atoms with Crippen molar-refractivity contribution in [1.82, 2.24) is 15.0 Å². The number of carbonyl (C=O) groups excluding carboxylic acids is 2. The van der Waals surface area contributed by atoms with Gasteiger partial charge in [0.15, 0.2) is 0 Å². The van der Waals surface area contributed by atoms with Crippen LogP contribution in [0.2, 0.25) is 0 Å². The van der Waals surface area contributed by atoms with Gasteiger partial charge in [-0.05, 0) is 66.6 Å². The average Bonchev–Trinajstić information content (AvgIpc) is 3.55. The first-order chi connectivity index (χ1) is 24.6. The summed E-state index contributed by atoms with van der Waals surface area (Å²) in [6, 6.07) is 20.9.